The van der Waals surface area contributed by atoms with E-state index in [-0.39, 0.29) is 11.4 Å². The van der Waals surface area contributed by atoms with E-state index in [1.165, 1.54) is 4.57 Å². The van der Waals surface area contributed by atoms with Gasteiger partial charge in [-0.25, -0.2) is 4.79 Å². The number of hydrogen-bond donors (Lipinski definition) is 2. The number of rotatable bonds is 3. The van der Waals surface area contributed by atoms with Crippen LogP contribution in [0.15, 0.2) is 39.9 Å². The SMILES string of the molecule is O=c1[nH]c(=O)n(CC2CCCS2)c(O)c1-c1ccccc1. The Morgan fingerprint density at radius 3 is 2.71 bits per heavy atom. The zero-order chi connectivity index (χ0) is 14.8. The van der Waals surface area contributed by atoms with Crippen molar-refractivity contribution >= 4 is 11.8 Å². The largest absolute Gasteiger partial charge is 0.494 e. The molecule has 6 heteroatoms. The number of thioether (sulfide) groups is 1. The minimum atomic E-state index is -0.556. The first-order valence-electron chi connectivity index (χ1n) is 6.90. The third-order valence-electron chi connectivity index (χ3n) is 3.64. The number of aromatic hydroxyl groups is 1. The molecule has 2 aromatic rings. The van der Waals surface area contributed by atoms with Gasteiger partial charge in [0.1, 0.15) is 5.56 Å². The molecule has 1 aliphatic rings. The number of aromatic nitrogens is 2. The van der Waals surface area contributed by atoms with E-state index in [1.54, 1.807) is 36.0 Å². The Labute approximate surface area is 125 Å². The lowest BCUT2D eigenvalue weighted by Gasteiger charge is -2.14. The van der Waals surface area contributed by atoms with Crippen molar-refractivity contribution in [1.29, 1.82) is 0 Å². The first-order chi connectivity index (χ1) is 10.2. The monoisotopic (exact) mass is 304 g/mol. The Kier molecular flexibility index (Phi) is 3.88. The molecule has 0 amide bonds. The standard InChI is InChI=1S/C15H16N2O3S/c18-13-12(10-5-2-1-3-6-10)14(19)17(15(20)16-13)9-11-7-4-8-21-11/h1-3,5-6,11,19H,4,7-9H2,(H,16,18,20). The second-order valence-corrected chi connectivity index (χ2v) is 6.48. The molecule has 21 heavy (non-hydrogen) atoms. The van der Waals surface area contributed by atoms with Crippen molar-refractivity contribution in [2.75, 3.05) is 5.75 Å². The minimum absolute atomic E-state index is 0.151. The molecule has 110 valence electrons. The molecule has 3 rings (SSSR count). The molecule has 1 saturated heterocycles. The van der Waals surface area contributed by atoms with Gasteiger partial charge in [-0.3, -0.25) is 14.3 Å². The van der Waals surface area contributed by atoms with Crippen LogP contribution in [-0.4, -0.2) is 25.7 Å². The summed E-state index contributed by atoms with van der Waals surface area (Å²) in [7, 11) is 0. The lowest BCUT2D eigenvalue weighted by molar-refractivity contribution is 0.400. The highest BCUT2D eigenvalue weighted by Gasteiger charge is 2.21. The molecule has 0 radical (unpaired) electrons. The molecule has 5 nitrogen and oxygen atoms in total. The molecule has 1 fully saturated rings. The van der Waals surface area contributed by atoms with E-state index >= 15 is 0 Å². The number of aromatic amines is 1. The fourth-order valence-corrected chi connectivity index (χ4v) is 3.84. The van der Waals surface area contributed by atoms with Gasteiger partial charge in [0, 0.05) is 11.8 Å². The lowest BCUT2D eigenvalue weighted by Crippen LogP contribution is -2.33. The van der Waals surface area contributed by atoms with Crippen molar-refractivity contribution in [1.82, 2.24) is 9.55 Å². The van der Waals surface area contributed by atoms with Gasteiger partial charge in [-0.05, 0) is 24.2 Å². The third kappa shape index (κ3) is 2.76. The molecule has 2 heterocycles. The van der Waals surface area contributed by atoms with Crippen LogP contribution in [-0.2, 0) is 6.54 Å². The molecule has 1 atom stereocenters. The summed E-state index contributed by atoms with van der Waals surface area (Å²) >= 11 is 1.80. The van der Waals surface area contributed by atoms with E-state index in [0.29, 0.717) is 17.4 Å². The van der Waals surface area contributed by atoms with Crippen molar-refractivity contribution < 1.29 is 5.11 Å². The Morgan fingerprint density at radius 1 is 1.29 bits per heavy atom. The van der Waals surface area contributed by atoms with Crippen LogP contribution in [0.25, 0.3) is 11.1 Å². The van der Waals surface area contributed by atoms with Crippen LogP contribution >= 0.6 is 11.8 Å². The van der Waals surface area contributed by atoms with Crippen LogP contribution < -0.4 is 11.2 Å². The van der Waals surface area contributed by atoms with Crippen LogP contribution in [0.2, 0.25) is 0 Å². The number of benzene rings is 1. The van der Waals surface area contributed by atoms with E-state index in [0.717, 1.165) is 18.6 Å². The van der Waals surface area contributed by atoms with E-state index in [2.05, 4.69) is 4.98 Å². The average molecular weight is 304 g/mol. The van der Waals surface area contributed by atoms with Gasteiger partial charge >= 0.3 is 5.69 Å². The van der Waals surface area contributed by atoms with Gasteiger partial charge in [0.15, 0.2) is 0 Å². The van der Waals surface area contributed by atoms with Gasteiger partial charge < -0.3 is 5.11 Å². The fourth-order valence-electron chi connectivity index (χ4n) is 2.59. The summed E-state index contributed by atoms with van der Waals surface area (Å²) < 4.78 is 1.27. The molecular formula is C15H16N2O3S. The smallest absolute Gasteiger partial charge is 0.331 e. The zero-order valence-electron chi connectivity index (χ0n) is 11.4. The maximum Gasteiger partial charge on any atom is 0.331 e. The molecule has 1 aromatic carbocycles. The summed E-state index contributed by atoms with van der Waals surface area (Å²) in [6, 6.07) is 8.89. The van der Waals surface area contributed by atoms with Crippen molar-refractivity contribution in [3.05, 3.63) is 51.2 Å². The Balaban J connectivity index is 2.09. The highest BCUT2D eigenvalue weighted by molar-refractivity contribution is 8.00. The molecule has 0 spiro atoms. The van der Waals surface area contributed by atoms with Gasteiger partial charge in [0.05, 0.1) is 0 Å². The maximum absolute atomic E-state index is 12.0. The van der Waals surface area contributed by atoms with E-state index < -0.39 is 11.2 Å². The van der Waals surface area contributed by atoms with Crippen molar-refractivity contribution in [2.24, 2.45) is 0 Å². The topological polar surface area (TPSA) is 75.1 Å². The number of nitrogens with zero attached hydrogens (tertiary/aromatic N) is 1. The van der Waals surface area contributed by atoms with Crippen LogP contribution in [0.5, 0.6) is 5.88 Å². The molecule has 1 aliphatic heterocycles. The van der Waals surface area contributed by atoms with Crippen molar-refractivity contribution in [2.45, 2.75) is 24.6 Å². The molecule has 0 aliphatic carbocycles. The number of H-pyrrole nitrogens is 1. The Hall–Kier alpha value is -1.95. The lowest BCUT2D eigenvalue weighted by atomic mass is 10.1. The average Bonchev–Trinajstić information content (AvgIpc) is 2.97. The third-order valence-corrected chi connectivity index (χ3v) is 5.03. The Morgan fingerprint density at radius 2 is 2.05 bits per heavy atom. The summed E-state index contributed by atoms with van der Waals surface area (Å²) in [4.78, 5) is 26.3. The normalized spacial score (nSPS) is 18.0. The van der Waals surface area contributed by atoms with Gasteiger partial charge in [0.25, 0.3) is 5.56 Å². The fraction of sp³-hybridized carbons (Fsp3) is 0.333. The number of hydrogen-bond acceptors (Lipinski definition) is 4. The summed E-state index contributed by atoms with van der Waals surface area (Å²) in [6.07, 6.45) is 2.15. The second kappa shape index (κ2) is 5.81. The van der Waals surface area contributed by atoms with Gasteiger partial charge in [-0.1, -0.05) is 30.3 Å². The van der Waals surface area contributed by atoms with Crippen LogP contribution in [0, 0.1) is 0 Å². The van der Waals surface area contributed by atoms with Crippen LogP contribution in [0.3, 0.4) is 0 Å². The summed E-state index contributed by atoms with van der Waals surface area (Å²) in [5.74, 6) is 0.831. The summed E-state index contributed by atoms with van der Waals surface area (Å²) in [6.45, 7) is 0.423. The highest BCUT2D eigenvalue weighted by atomic mass is 32.2. The minimum Gasteiger partial charge on any atom is -0.494 e. The summed E-state index contributed by atoms with van der Waals surface area (Å²) in [5, 5.41) is 10.7. The van der Waals surface area contributed by atoms with Crippen molar-refractivity contribution in [3.8, 4) is 17.0 Å². The van der Waals surface area contributed by atoms with Gasteiger partial charge in [-0.15, -0.1) is 0 Å². The molecule has 2 N–H and O–H groups in total. The highest BCUT2D eigenvalue weighted by Crippen LogP contribution is 2.29. The molecule has 0 saturated carbocycles. The quantitative estimate of drug-likeness (QED) is 0.907. The number of nitrogens with one attached hydrogen (secondary N) is 1. The van der Waals surface area contributed by atoms with E-state index in [1.807, 2.05) is 6.07 Å². The van der Waals surface area contributed by atoms with Crippen LogP contribution in [0.1, 0.15) is 12.8 Å². The molecule has 1 aromatic heterocycles. The molecule has 0 bridgehead atoms. The predicted molar refractivity (Wildman–Crippen MR) is 83.9 cm³/mol. The first kappa shape index (κ1) is 14.0. The maximum atomic E-state index is 12.0. The van der Waals surface area contributed by atoms with E-state index in [9.17, 15) is 14.7 Å². The summed E-state index contributed by atoms with van der Waals surface area (Å²) in [5.41, 5.74) is -0.356. The van der Waals surface area contributed by atoms with Crippen molar-refractivity contribution in [3.63, 3.8) is 0 Å². The second-order valence-electron chi connectivity index (χ2n) is 5.07. The van der Waals surface area contributed by atoms with Gasteiger partial charge in [0.2, 0.25) is 5.88 Å². The molecule has 1 unspecified atom stereocenters. The Bertz CT molecular complexity index is 746. The predicted octanol–water partition coefficient (Wildman–Crippen LogP) is 1.80. The zero-order valence-corrected chi connectivity index (χ0v) is 12.2. The molecular weight excluding hydrogens is 288 g/mol. The first-order valence-corrected chi connectivity index (χ1v) is 7.95. The van der Waals surface area contributed by atoms with Gasteiger partial charge in [-0.2, -0.15) is 11.8 Å². The van der Waals surface area contributed by atoms with E-state index in [4.69, 9.17) is 0 Å². The van der Waals surface area contributed by atoms with Crippen LogP contribution in [0.4, 0.5) is 0 Å².